The summed E-state index contributed by atoms with van der Waals surface area (Å²) in [5.74, 6) is -0.224. The lowest BCUT2D eigenvalue weighted by Gasteiger charge is -2.08. The third-order valence-electron chi connectivity index (χ3n) is 2.59. The third kappa shape index (κ3) is 3.84. The number of amides is 1. The van der Waals surface area contributed by atoms with E-state index in [1.807, 2.05) is 30.3 Å². The summed E-state index contributed by atoms with van der Waals surface area (Å²) in [7, 11) is 0. The Morgan fingerprint density at radius 1 is 1.15 bits per heavy atom. The van der Waals surface area contributed by atoms with Gasteiger partial charge in [-0.25, -0.2) is 0 Å². The highest BCUT2D eigenvalue weighted by molar-refractivity contribution is 6.04. The number of carbonyl (C=O) groups is 1. The molecule has 0 atom stereocenters. The minimum Gasteiger partial charge on any atom is -0.489 e. The van der Waals surface area contributed by atoms with Crippen LogP contribution in [-0.4, -0.2) is 11.9 Å². The number of nitrogens with two attached hydrogens (primary N) is 1. The maximum Gasteiger partial charge on any atom is 0.258 e. The molecule has 0 fully saturated rings. The van der Waals surface area contributed by atoms with Gasteiger partial charge in [0.1, 0.15) is 12.4 Å². The van der Waals surface area contributed by atoms with Gasteiger partial charge in [-0.05, 0) is 23.8 Å². The molecule has 0 saturated carbocycles. The first-order chi connectivity index (χ1) is 9.65. The van der Waals surface area contributed by atoms with Crippen LogP contribution < -0.4 is 15.8 Å². The van der Waals surface area contributed by atoms with Crippen LogP contribution in [0.15, 0.2) is 54.6 Å². The van der Waals surface area contributed by atoms with Gasteiger partial charge < -0.3 is 10.5 Å². The van der Waals surface area contributed by atoms with Crippen molar-refractivity contribution < 1.29 is 9.53 Å². The first-order valence-corrected chi connectivity index (χ1v) is 6.07. The van der Waals surface area contributed by atoms with Crippen LogP contribution in [-0.2, 0) is 6.61 Å². The SMILES string of the molecule is N=C(N)NC(=O)c1cccc(OCc2ccccc2)c1. The third-order valence-corrected chi connectivity index (χ3v) is 2.59. The predicted molar refractivity (Wildman–Crippen MR) is 76.6 cm³/mol. The zero-order chi connectivity index (χ0) is 14.4. The number of hydrogen-bond donors (Lipinski definition) is 3. The van der Waals surface area contributed by atoms with Gasteiger partial charge in [0, 0.05) is 5.56 Å². The number of nitrogens with one attached hydrogen (secondary N) is 2. The zero-order valence-electron chi connectivity index (χ0n) is 10.8. The molecule has 1 amide bonds. The zero-order valence-corrected chi connectivity index (χ0v) is 10.8. The lowest BCUT2D eigenvalue weighted by Crippen LogP contribution is -2.35. The van der Waals surface area contributed by atoms with Gasteiger partial charge in [-0.1, -0.05) is 36.4 Å². The molecule has 102 valence electrons. The standard InChI is InChI=1S/C15H15N3O2/c16-15(17)18-14(19)12-7-4-8-13(9-12)20-10-11-5-2-1-3-6-11/h1-9H,10H2,(H4,16,17,18,19). The number of rotatable bonds is 4. The Bertz CT molecular complexity index is 612. The number of benzene rings is 2. The van der Waals surface area contributed by atoms with E-state index in [0.29, 0.717) is 17.9 Å². The van der Waals surface area contributed by atoms with Gasteiger partial charge in [0.25, 0.3) is 5.91 Å². The molecular formula is C15H15N3O2. The summed E-state index contributed by atoms with van der Waals surface area (Å²) in [6.45, 7) is 0.429. The van der Waals surface area contributed by atoms with Gasteiger partial charge in [-0.15, -0.1) is 0 Å². The van der Waals surface area contributed by atoms with E-state index in [4.69, 9.17) is 15.9 Å². The van der Waals surface area contributed by atoms with Crippen LogP contribution in [0.25, 0.3) is 0 Å². The maximum atomic E-state index is 11.7. The molecule has 0 radical (unpaired) electrons. The Kier molecular flexibility index (Phi) is 4.34. The summed E-state index contributed by atoms with van der Waals surface area (Å²) in [6.07, 6.45) is 0. The molecule has 0 aliphatic carbocycles. The molecule has 0 aliphatic heterocycles. The highest BCUT2D eigenvalue weighted by Gasteiger charge is 2.07. The summed E-state index contributed by atoms with van der Waals surface area (Å²) < 4.78 is 5.62. The second kappa shape index (κ2) is 6.38. The van der Waals surface area contributed by atoms with Crippen LogP contribution in [0.3, 0.4) is 0 Å². The van der Waals surface area contributed by atoms with Crippen molar-refractivity contribution in [1.82, 2.24) is 5.32 Å². The minimum atomic E-state index is -0.428. The van der Waals surface area contributed by atoms with Gasteiger partial charge in [0.05, 0.1) is 0 Å². The maximum absolute atomic E-state index is 11.7. The lowest BCUT2D eigenvalue weighted by molar-refractivity contribution is 0.0976. The molecule has 2 aromatic carbocycles. The molecule has 0 saturated heterocycles. The van der Waals surface area contributed by atoms with Crippen LogP contribution in [0.4, 0.5) is 0 Å². The van der Waals surface area contributed by atoms with E-state index < -0.39 is 5.91 Å². The summed E-state index contributed by atoms with van der Waals surface area (Å²) >= 11 is 0. The number of ether oxygens (including phenoxy) is 1. The Morgan fingerprint density at radius 2 is 1.90 bits per heavy atom. The van der Waals surface area contributed by atoms with Crippen molar-refractivity contribution >= 4 is 11.9 Å². The van der Waals surface area contributed by atoms with Crippen LogP contribution in [0.5, 0.6) is 5.75 Å². The second-order valence-electron chi connectivity index (χ2n) is 4.17. The average molecular weight is 269 g/mol. The molecule has 0 bridgehead atoms. The van der Waals surface area contributed by atoms with E-state index in [1.165, 1.54) is 0 Å². The van der Waals surface area contributed by atoms with E-state index in [9.17, 15) is 4.79 Å². The molecule has 2 rings (SSSR count). The molecule has 20 heavy (non-hydrogen) atoms. The van der Waals surface area contributed by atoms with Gasteiger partial charge in [-0.2, -0.15) is 0 Å². The first-order valence-electron chi connectivity index (χ1n) is 6.07. The Balaban J connectivity index is 2.02. The fourth-order valence-corrected chi connectivity index (χ4v) is 1.66. The first kappa shape index (κ1) is 13.6. The van der Waals surface area contributed by atoms with Gasteiger partial charge in [-0.3, -0.25) is 15.5 Å². The Labute approximate surface area is 116 Å². The summed E-state index contributed by atoms with van der Waals surface area (Å²) in [6, 6.07) is 16.5. The molecule has 2 aromatic rings. The van der Waals surface area contributed by atoms with Gasteiger partial charge >= 0.3 is 0 Å². The molecule has 5 nitrogen and oxygen atoms in total. The lowest BCUT2D eigenvalue weighted by atomic mass is 10.2. The molecule has 0 spiro atoms. The van der Waals surface area contributed by atoms with Crippen LogP contribution in [0.1, 0.15) is 15.9 Å². The van der Waals surface area contributed by atoms with Gasteiger partial charge in [0.2, 0.25) is 0 Å². The molecule has 0 aromatic heterocycles. The fraction of sp³-hybridized carbons (Fsp3) is 0.0667. The van der Waals surface area contributed by atoms with Crippen LogP contribution in [0, 0.1) is 5.41 Å². The normalized spacial score (nSPS) is 9.80. The van der Waals surface area contributed by atoms with Crippen LogP contribution in [0.2, 0.25) is 0 Å². The minimum absolute atomic E-state index is 0.384. The van der Waals surface area contributed by atoms with E-state index in [-0.39, 0.29) is 5.96 Å². The largest absolute Gasteiger partial charge is 0.489 e. The summed E-state index contributed by atoms with van der Waals surface area (Å²) in [5, 5.41) is 9.26. The van der Waals surface area contributed by atoms with Crippen molar-refractivity contribution in [2.75, 3.05) is 0 Å². The highest BCUT2D eigenvalue weighted by atomic mass is 16.5. The number of guanidine groups is 1. The summed E-state index contributed by atoms with van der Waals surface area (Å²) in [4.78, 5) is 11.7. The number of carbonyl (C=O) groups excluding carboxylic acids is 1. The predicted octanol–water partition coefficient (Wildman–Crippen LogP) is 1.89. The highest BCUT2D eigenvalue weighted by Crippen LogP contribution is 2.15. The monoisotopic (exact) mass is 269 g/mol. The van der Waals surface area contributed by atoms with Crippen molar-refractivity contribution in [2.24, 2.45) is 5.73 Å². The molecule has 0 heterocycles. The molecule has 0 aliphatic rings. The molecule has 5 heteroatoms. The quantitative estimate of drug-likeness (QED) is 0.585. The second-order valence-corrected chi connectivity index (χ2v) is 4.17. The van der Waals surface area contributed by atoms with Crippen molar-refractivity contribution in [3.05, 3.63) is 65.7 Å². The van der Waals surface area contributed by atoms with E-state index in [1.54, 1.807) is 24.3 Å². The molecule has 4 N–H and O–H groups in total. The van der Waals surface area contributed by atoms with E-state index >= 15 is 0 Å². The topological polar surface area (TPSA) is 88.2 Å². The Hall–Kier alpha value is -2.82. The fourth-order valence-electron chi connectivity index (χ4n) is 1.66. The van der Waals surface area contributed by atoms with Crippen molar-refractivity contribution in [1.29, 1.82) is 5.41 Å². The molecular weight excluding hydrogens is 254 g/mol. The van der Waals surface area contributed by atoms with Crippen molar-refractivity contribution in [3.63, 3.8) is 0 Å². The van der Waals surface area contributed by atoms with Crippen molar-refractivity contribution in [2.45, 2.75) is 6.61 Å². The smallest absolute Gasteiger partial charge is 0.258 e. The van der Waals surface area contributed by atoms with Gasteiger partial charge in [0.15, 0.2) is 5.96 Å². The van der Waals surface area contributed by atoms with E-state index in [2.05, 4.69) is 5.32 Å². The summed E-state index contributed by atoms with van der Waals surface area (Å²) in [5.41, 5.74) is 6.57. The average Bonchev–Trinajstić information content (AvgIpc) is 2.46. The van der Waals surface area contributed by atoms with E-state index in [0.717, 1.165) is 5.56 Å². The Morgan fingerprint density at radius 3 is 2.60 bits per heavy atom. The van der Waals surface area contributed by atoms with Crippen molar-refractivity contribution in [3.8, 4) is 5.75 Å². The van der Waals surface area contributed by atoms with Crippen LogP contribution >= 0.6 is 0 Å². The molecule has 0 unspecified atom stereocenters. The number of hydrogen-bond acceptors (Lipinski definition) is 3.